The molecule has 2 heterocycles. The third kappa shape index (κ3) is 3.71. The van der Waals surface area contributed by atoms with E-state index in [1.165, 1.54) is 17.5 Å². The van der Waals surface area contributed by atoms with Crippen LogP contribution in [0.3, 0.4) is 0 Å². The number of sulfonamides is 1. The molecular weight excluding hydrogens is 380 g/mol. The van der Waals surface area contributed by atoms with Crippen LogP contribution in [0.5, 0.6) is 5.75 Å². The standard InChI is InChI=1S/C16H21ClN4O4S/c1-24-10-16-19-18-11-21(16)13-5-7-20(8-6-13)26(22,23)15-9-12(17)3-4-14(15)25-2/h3-4,9,11,13H,5-8,10H2,1-2H3. The first-order valence-electron chi connectivity index (χ1n) is 8.18. The Morgan fingerprint density at radius 3 is 2.65 bits per heavy atom. The molecule has 1 saturated heterocycles. The van der Waals surface area contributed by atoms with Gasteiger partial charge in [-0.15, -0.1) is 10.2 Å². The van der Waals surface area contributed by atoms with Crippen molar-refractivity contribution in [2.75, 3.05) is 27.3 Å². The minimum Gasteiger partial charge on any atom is -0.495 e. The van der Waals surface area contributed by atoms with Gasteiger partial charge in [-0.1, -0.05) is 11.6 Å². The number of hydrogen-bond acceptors (Lipinski definition) is 6. The van der Waals surface area contributed by atoms with E-state index in [4.69, 9.17) is 21.1 Å². The van der Waals surface area contributed by atoms with Crippen LogP contribution in [0.1, 0.15) is 24.7 Å². The molecule has 8 nitrogen and oxygen atoms in total. The van der Waals surface area contributed by atoms with Gasteiger partial charge in [-0.05, 0) is 31.0 Å². The Morgan fingerprint density at radius 2 is 2.00 bits per heavy atom. The van der Waals surface area contributed by atoms with Crippen molar-refractivity contribution in [1.82, 2.24) is 19.1 Å². The highest BCUT2D eigenvalue weighted by Crippen LogP contribution is 2.33. The summed E-state index contributed by atoms with van der Waals surface area (Å²) in [5.41, 5.74) is 0. The summed E-state index contributed by atoms with van der Waals surface area (Å²) < 4.78 is 39.8. The maximum Gasteiger partial charge on any atom is 0.246 e. The highest BCUT2D eigenvalue weighted by Gasteiger charge is 2.32. The largest absolute Gasteiger partial charge is 0.495 e. The Balaban J connectivity index is 1.77. The molecule has 1 aliphatic heterocycles. The Morgan fingerprint density at radius 1 is 1.27 bits per heavy atom. The molecule has 0 aliphatic carbocycles. The summed E-state index contributed by atoms with van der Waals surface area (Å²) in [6, 6.07) is 4.74. The number of piperidine rings is 1. The fourth-order valence-electron chi connectivity index (χ4n) is 3.16. The van der Waals surface area contributed by atoms with Gasteiger partial charge in [0.1, 0.15) is 23.6 Å². The van der Waals surface area contributed by atoms with Crippen molar-refractivity contribution in [3.63, 3.8) is 0 Å². The Labute approximate surface area is 157 Å². The first-order chi connectivity index (χ1) is 12.5. The number of aromatic nitrogens is 3. The molecule has 0 atom stereocenters. The molecule has 3 rings (SSSR count). The van der Waals surface area contributed by atoms with Gasteiger partial charge >= 0.3 is 0 Å². The molecule has 0 saturated carbocycles. The molecule has 10 heteroatoms. The zero-order valence-corrected chi connectivity index (χ0v) is 16.2. The first-order valence-corrected chi connectivity index (χ1v) is 10.00. The van der Waals surface area contributed by atoms with E-state index in [0.29, 0.717) is 37.6 Å². The van der Waals surface area contributed by atoms with Crippen LogP contribution in [0.15, 0.2) is 29.4 Å². The van der Waals surface area contributed by atoms with Crippen molar-refractivity contribution in [3.05, 3.63) is 35.4 Å². The molecule has 0 amide bonds. The Bertz CT molecular complexity index is 863. The topological polar surface area (TPSA) is 86.6 Å². The predicted molar refractivity (Wildman–Crippen MR) is 95.8 cm³/mol. The van der Waals surface area contributed by atoms with Crippen LogP contribution >= 0.6 is 11.6 Å². The lowest BCUT2D eigenvalue weighted by atomic mass is 10.1. The fraction of sp³-hybridized carbons (Fsp3) is 0.500. The number of methoxy groups -OCH3 is 2. The molecule has 1 aromatic carbocycles. The third-order valence-electron chi connectivity index (χ3n) is 4.48. The summed E-state index contributed by atoms with van der Waals surface area (Å²) in [4.78, 5) is 0.0929. The number of benzene rings is 1. The van der Waals surface area contributed by atoms with Gasteiger partial charge in [0.05, 0.1) is 7.11 Å². The molecule has 0 unspecified atom stereocenters. The molecular formula is C16H21ClN4O4S. The van der Waals surface area contributed by atoms with Crippen molar-refractivity contribution in [2.24, 2.45) is 0 Å². The number of rotatable bonds is 6. The van der Waals surface area contributed by atoms with E-state index >= 15 is 0 Å². The third-order valence-corrected chi connectivity index (χ3v) is 6.64. The average Bonchev–Trinajstić information content (AvgIpc) is 3.10. The van der Waals surface area contributed by atoms with Gasteiger partial charge in [0.15, 0.2) is 5.82 Å². The zero-order valence-electron chi connectivity index (χ0n) is 14.6. The fourth-order valence-corrected chi connectivity index (χ4v) is 5.04. The first kappa shape index (κ1) is 19.1. The van der Waals surface area contributed by atoms with Crippen molar-refractivity contribution < 1.29 is 17.9 Å². The van der Waals surface area contributed by atoms with Crippen molar-refractivity contribution in [2.45, 2.75) is 30.4 Å². The lowest BCUT2D eigenvalue weighted by Crippen LogP contribution is -2.39. The van der Waals surface area contributed by atoms with E-state index in [9.17, 15) is 8.42 Å². The van der Waals surface area contributed by atoms with Crippen LogP contribution in [-0.2, 0) is 21.4 Å². The van der Waals surface area contributed by atoms with Gasteiger partial charge in [-0.3, -0.25) is 0 Å². The van der Waals surface area contributed by atoms with Crippen LogP contribution in [0.4, 0.5) is 0 Å². The molecule has 0 radical (unpaired) electrons. The van der Waals surface area contributed by atoms with E-state index in [1.54, 1.807) is 25.6 Å². The minimum absolute atomic E-state index is 0.0929. The highest BCUT2D eigenvalue weighted by atomic mass is 35.5. The van der Waals surface area contributed by atoms with Crippen molar-refractivity contribution in [1.29, 1.82) is 0 Å². The van der Waals surface area contributed by atoms with Crippen LogP contribution in [0.2, 0.25) is 5.02 Å². The minimum atomic E-state index is -3.68. The average molecular weight is 401 g/mol. The summed E-state index contributed by atoms with van der Waals surface area (Å²) >= 11 is 5.99. The molecule has 1 fully saturated rings. The van der Waals surface area contributed by atoms with E-state index in [1.807, 2.05) is 4.57 Å². The maximum atomic E-state index is 13.0. The molecule has 1 aromatic heterocycles. The quantitative estimate of drug-likeness (QED) is 0.738. The summed E-state index contributed by atoms with van der Waals surface area (Å²) in [7, 11) is -0.635. The number of hydrogen-bond donors (Lipinski definition) is 0. The second-order valence-corrected chi connectivity index (χ2v) is 8.36. The molecule has 0 spiro atoms. The van der Waals surface area contributed by atoms with Gasteiger partial charge in [0.25, 0.3) is 0 Å². The van der Waals surface area contributed by atoms with Crippen LogP contribution in [0.25, 0.3) is 0 Å². The lowest BCUT2D eigenvalue weighted by Gasteiger charge is -2.32. The summed E-state index contributed by atoms with van der Waals surface area (Å²) in [5, 5.41) is 8.34. The van der Waals surface area contributed by atoms with E-state index in [0.717, 1.165) is 5.82 Å². The number of halogens is 1. The molecule has 0 N–H and O–H groups in total. The van der Waals surface area contributed by atoms with Gasteiger partial charge in [-0.25, -0.2) is 8.42 Å². The predicted octanol–water partition coefficient (Wildman–Crippen LogP) is 2.11. The number of ether oxygens (including phenoxy) is 2. The second-order valence-electron chi connectivity index (χ2n) is 6.02. The Kier molecular flexibility index (Phi) is 5.81. The van der Waals surface area contributed by atoms with Crippen molar-refractivity contribution in [3.8, 4) is 5.75 Å². The van der Waals surface area contributed by atoms with Gasteiger partial charge in [-0.2, -0.15) is 4.31 Å². The maximum absolute atomic E-state index is 13.0. The van der Waals surface area contributed by atoms with E-state index in [-0.39, 0.29) is 16.7 Å². The summed E-state index contributed by atoms with van der Waals surface area (Å²) in [6.45, 7) is 1.17. The second kappa shape index (κ2) is 7.91. The van der Waals surface area contributed by atoms with Gasteiger partial charge in [0, 0.05) is 31.3 Å². The SMILES string of the molecule is COCc1nncn1C1CCN(S(=O)(=O)c2cc(Cl)ccc2OC)CC1. The summed E-state index contributed by atoms with van der Waals surface area (Å²) in [5.74, 6) is 1.03. The van der Waals surface area contributed by atoms with Crippen molar-refractivity contribution >= 4 is 21.6 Å². The molecule has 26 heavy (non-hydrogen) atoms. The molecule has 2 aromatic rings. The molecule has 1 aliphatic rings. The van der Waals surface area contributed by atoms with Crippen LogP contribution < -0.4 is 4.74 Å². The molecule has 0 bridgehead atoms. The number of nitrogens with zero attached hydrogens (tertiary/aromatic N) is 4. The van der Waals surface area contributed by atoms with E-state index in [2.05, 4.69) is 10.2 Å². The van der Waals surface area contributed by atoms with Crippen LogP contribution in [-0.4, -0.2) is 54.8 Å². The zero-order chi connectivity index (χ0) is 18.7. The van der Waals surface area contributed by atoms with Crippen LogP contribution in [0, 0.1) is 0 Å². The lowest BCUT2D eigenvalue weighted by molar-refractivity contribution is 0.167. The monoisotopic (exact) mass is 400 g/mol. The highest BCUT2D eigenvalue weighted by molar-refractivity contribution is 7.89. The smallest absolute Gasteiger partial charge is 0.246 e. The van der Waals surface area contributed by atoms with E-state index < -0.39 is 10.0 Å². The normalized spacial score (nSPS) is 16.7. The van der Waals surface area contributed by atoms with Gasteiger partial charge in [0.2, 0.25) is 10.0 Å². The summed E-state index contributed by atoms with van der Waals surface area (Å²) in [6.07, 6.45) is 3.00. The Hall–Kier alpha value is -1.68. The van der Waals surface area contributed by atoms with Gasteiger partial charge < -0.3 is 14.0 Å². The molecule has 142 valence electrons.